The predicted octanol–water partition coefficient (Wildman–Crippen LogP) is 3.23. The van der Waals surface area contributed by atoms with Gasteiger partial charge in [-0.25, -0.2) is 0 Å². The molecule has 0 atom stereocenters. The Bertz CT molecular complexity index is 1210. The van der Waals surface area contributed by atoms with Crippen LogP contribution in [0.2, 0.25) is 0 Å². The van der Waals surface area contributed by atoms with E-state index in [4.69, 9.17) is 13.9 Å². The van der Waals surface area contributed by atoms with E-state index in [0.29, 0.717) is 16.8 Å². The number of allylic oxidation sites excluding steroid dienone is 1. The third-order valence-electron chi connectivity index (χ3n) is 4.37. The van der Waals surface area contributed by atoms with Crippen molar-refractivity contribution >= 4 is 22.8 Å². The minimum Gasteiger partial charge on any atom is -0.504 e. The molecule has 0 fully saturated rings. The van der Waals surface area contributed by atoms with Gasteiger partial charge in [0, 0.05) is 5.56 Å². The smallest absolute Gasteiger partial charge is 0.205 e. The van der Waals surface area contributed by atoms with Gasteiger partial charge in [0.25, 0.3) is 0 Å². The van der Waals surface area contributed by atoms with Crippen LogP contribution in [0.1, 0.15) is 15.9 Å². The number of hydrogen-bond donors (Lipinski definition) is 2. The molecule has 9 nitrogen and oxygen atoms in total. The molecule has 146 valence electrons. The number of carbonyl (C=O) groups excluding carboxylic acids is 1. The largest absolute Gasteiger partial charge is 0.504 e. The molecule has 0 bridgehead atoms. The minimum atomic E-state index is -0.453. The van der Waals surface area contributed by atoms with Crippen molar-refractivity contribution in [3.8, 4) is 28.6 Å². The fourth-order valence-corrected chi connectivity index (χ4v) is 3.08. The Hall–Kier alpha value is -4.14. The van der Waals surface area contributed by atoms with Crippen molar-refractivity contribution in [1.82, 2.24) is 20.6 Å². The first-order chi connectivity index (χ1) is 14.1. The standard InChI is InChI=1S/C20H16N4O5/c1-27-17-13-8-9-29-18(13)19(28-2)16(26)15(17)14(25)7-6-11-4-3-5-12(10-11)20-21-23-24-22-20/h3-10,26H,1-2H3,(H,21,22,23,24)/b7-6+. The first kappa shape index (κ1) is 18.2. The summed E-state index contributed by atoms with van der Waals surface area (Å²) in [6, 6.07) is 8.92. The number of fused-ring (bicyclic) bond motifs is 1. The normalized spacial score (nSPS) is 11.2. The van der Waals surface area contributed by atoms with Gasteiger partial charge in [0.2, 0.25) is 11.6 Å². The number of nitrogens with one attached hydrogen (secondary N) is 1. The number of nitrogens with zero attached hydrogens (tertiary/aromatic N) is 3. The summed E-state index contributed by atoms with van der Waals surface area (Å²) in [7, 11) is 2.81. The number of methoxy groups -OCH3 is 2. The topological polar surface area (TPSA) is 123 Å². The molecule has 0 radical (unpaired) electrons. The van der Waals surface area contributed by atoms with Gasteiger partial charge in [-0.2, -0.15) is 5.21 Å². The number of aromatic hydroxyl groups is 1. The van der Waals surface area contributed by atoms with Gasteiger partial charge in [0.1, 0.15) is 11.3 Å². The van der Waals surface area contributed by atoms with Crippen LogP contribution >= 0.6 is 0 Å². The van der Waals surface area contributed by atoms with Gasteiger partial charge in [-0.3, -0.25) is 4.79 Å². The lowest BCUT2D eigenvalue weighted by atomic mass is 10.0. The molecule has 2 heterocycles. The minimum absolute atomic E-state index is 0.0103. The number of furan rings is 1. The molecule has 0 aliphatic heterocycles. The van der Waals surface area contributed by atoms with Crippen LogP contribution in [0.25, 0.3) is 28.4 Å². The molecular formula is C20H16N4O5. The lowest BCUT2D eigenvalue weighted by molar-refractivity contribution is 0.104. The van der Waals surface area contributed by atoms with Crippen LogP contribution in [0, 0.1) is 0 Å². The van der Waals surface area contributed by atoms with Crippen LogP contribution in [0.4, 0.5) is 0 Å². The average Bonchev–Trinajstić information content (AvgIpc) is 3.43. The summed E-state index contributed by atoms with van der Waals surface area (Å²) in [6.07, 6.45) is 4.40. The number of rotatable bonds is 6. The van der Waals surface area contributed by atoms with Crippen molar-refractivity contribution in [2.75, 3.05) is 14.2 Å². The molecule has 0 unspecified atom stereocenters. The Morgan fingerprint density at radius 3 is 2.76 bits per heavy atom. The monoisotopic (exact) mass is 392 g/mol. The summed E-state index contributed by atoms with van der Waals surface area (Å²) in [6.45, 7) is 0. The van der Waals surface area contributed by atoms with E-state index in [-0.39, 0.29) is 22.8 Å². The van der Waals surface area contributed by atoms with Gasteiger partial charge in [0.05, 0.1) is 25.9 Å². The maximum atomic E-state index is 12.9. The summed E-state index contributed by atoms with van der Waals surface area (Å²) in [5, 5.41) is 24.9. The predicted molar refractivity (Wildman–Crippen MR) is 104 cm³/mol. The molecule has 0 saturated carbocycles. The molecular weight excluding hydrogens is 376 g/mol. The molecule has 4 rings (SSSR count). The highest BCUT2D eigenvalue weighted by Crippen LogP contribution is 2.45. The Balaban J connectivity index is 1.73. The highest BCUT2D eigenvalue weighted by Gasteiger charge is 2.26. The number of hydrogen-bond acceptors (Lipinski definition) is 8. The highest BCUT2D eigenvalue weighted by atomic mass is 16.5. The summed E-state index contributed by atoms with van der Waals surface area (Å²) in [4.78, 5) is 12.9. The zero-order valence-corrected chi connectivity index (χ0v) is 15.5. The van der Waals surface area contributed by atoms with Gasteiger partial charge >= 0.3 is 0 Å². The number of aromatic amines is 1. The van der Waals surface area contributed by atoms with Crippen LogP contribution in [0.15, 0.2) is 47.1 Å². The van der Waals surface area contributed by atoms with E-state index in [1.807, 2.05) is 24.3 Å². The number of aromatic nitrogens is 4. The zero-order valence-electron chi connectivity index (χ0n) is 15.5. The van der Waals surface area contributed by atoms with E-state index < -0.39 is 5.78 Å². The number of ketones is 1. The number of carbonyl (C=O) groups is 1. The number of tetrazole rings is 1. The van der Waals surface area contributed by atoms with Crippen LogP contribution in [0.3, 0.4) is 0 Å². The van der Waals surface area contributed by atoms with E-state index in [0.717, 1.165) is 11.1 Å². The molecule has 29 heavy (non-hydrogen) atoms. The fourth-order valence-electron chi connectivity index (χ4n) is 3.08. The first-order valence-corrected chi connectivity index (χ1v) is 8.54. The lowest BCUT2D eigenvalue weighted by Gasteiger charge is -2.13. The molecule has 2 N–H and O–H groups in total. The highest BCUT2D eigenvalue weighted by molar-refractivity contribution is 6.15. The summed E-state index contributed by atoms with van der Waals surface area (Å²) < 4.78 is 16.0. The van der Waals surface area contributed by atoms with Crippen molar-refractivity contribution < 1.29 is 23.8 Å². The number of ether oxygens (including phenoxy) is 2. The van der Waals surface area contributed by atoms with Gasteiger partial charge in [-0.15, -0.1) is 10.2 Å². The van der Waals surface area contributed by atoms with Crippen LogP contribution in [-0.4, -0.2) is 45.7 Å². The van der Waals surface area contributed by atoms with E-state index >= 15 is 0 Å². The van der Waals surface area contributed by atoms with Crippen molar-refractivity contribution in [2.24, 2.45) is 0 Å². The Kier molecular flexibility index (Phi) is 4.70. The zero-order chi connectivity index (χ0) is 20.4. The summed E-state index contributed by atoms with van der Waals surface area (Å²) >= 11 is 0. The van der Waals surface area contributed by atoms with Crippen LogP contribution < -0.4 is 9.47 Å². The molecule has 2 aromatic heterocycles. The molecule has 0 saturated heterocycles. The number of H-pyrrole nitrogens is 1. The second kappa shape index (κ2) is 7.47. The molecule has 0 aliphatic carbocycles. The maximum absolute atomic E-state index is 12.9. The van der Waals surface area contributed by atoms with Gasteiger partial charge in [-0.05, 0) is 29.0 Å². The summed E-state index contributed by atoms with van der Waals surface area (Å²) in [5.74, 6) is -0.0716. The number of phenols is 1. The van der Waals surface area contributed by atoms with Gasteiger partial charge in [-0.1, -0.05) is 24.3 Å². The average molecular weight is 392 g/mol. The van der Waals surface area contributed by atoms with Crippen molar-refractivity contribution in [1.29, 1.82) is 0 Å². The number of benzene rings is 2. The molecule has 0 aliphatic rings. The second-order valence-corrected chi connectivity index (χ2v) is 6.01. The Labute approximate surface area is 164 Å². The van der Waals surface area contributed by atoms with Crippen molar-refractivity contribution in [3.63, 3.8) is 0 Å². The molecule has 0 spiro atoms. The Morgan fingerprint density at radius 2 is 2.03 bits per heavy atom. The van der Waals surface area contributed by atoms with E-state index in [1.165, 1.54) is 26.6 Å². The molecule has 4 aromatic rings. The quantitative estimate of drug-likeness (QED) is 0.379. The van der Waals surface area contributed by atoms with Gasteiger partial charge < -0.3 is 19.0 Å². The van der Waals surface area contributed by atoms with Crippen molar-refractivity contribution in [3.05, 3.63) is 53.8 Å². The van der Waals surface area contributed by atoms with Crippen LogP contribution in [-0.2, 0) is 0 Å². The third kappa shape index (κ3) is 3.18. The lowest BCUT2D eigenvalue weighted by Crippen LogP contribution is -2.02. The van der Waals surface area contributed by atoms with Crippen LogP contribution in [0.5, 0.6) is 17.2 Å². The van der Waals surface area contributed by atoms with E-state index in [1.54, 1.807) is 12.1 Å². The Morgan fingerprint density at radius 1 is 1.21 bits per heavy atom. The first-order valence-electron chi connectivity index (χ1n) is 8.54. The third-order valence-corrected chi connectivity index (χ3v) is 4.37. The van der Waals surface area contributed by atoms with E-state index in [2.05, 4.69) is 20.6 Å². The molecule has 9 heteroatoms. The fraction of sp³-hybridized carbons (Fsp3) is 0.100. The molecule has 0 amide bonds. The second-order valence-electron chi connectivity index (χ2n) is 6.01. The molecule has 2 aromatic carbocycles. The SMILES string of the molecule is COc1c(C(=O)/C=C/c2cccc(-c3nn[nH]n3)c2)c(O)c(OC)c2occc12. The number of phenolic OH excluding ortho intramolecular Hbond substituents is 1. The van der Waals surface area contributed by atoms with Crippen molar-refractivity contribution in [2.45, 2.75) is 0 Å². The van der Waals surface area contributed by atoms with Gasteiger partial charge in [0.15, 0.2) is 17.1 Å². The summed E-state index contributed by atoms with van der Waals surface area (Å²) in [5.41, 5.74) is 1.78. The maximum Gasteiger partial charge on any atom is 0.205 e. The van der Waals surface area contributed by atoms with E-state index in [9.17, 15) is 9.90 Å².